The van der Waals surface area contributed by atoms with E-state index in [9.17, 15) is 0 Å². The molecule has 0 aromatic carbocycles. The van der Waals surface area contributed by atoms with E-state index in [1.54, 1.807) is 11.3 Å². The number of hydrogen-bond acceptors (Lipinski definition) is 4. The summed E-state index contributed by atoms with van der Waals surface area (Å²) in [4.78, 5) is 10.8. The highest BCUT2D eigenvalue weighted by Gasteiger charge is 2.03. The molecule has 2 aromatic heterocycles. The molecule has 0 fully saturated rings. The van der Waals surface area contributed by atoms with Crippen molar-refractivity contribution in [3.05, 3.63) is 38.4 Å². The molecule has 5 heteroatoms. The van der Waals surface area contributed by atoms with Crippen molar-refractivity contribution in [3.8, 4) is 0 Å². The first kappa shape index (κ1) is 12.3. The lowest BCUT2D eigenvalue weighted by Crippen LogP contribution is -2.01. The van der Waals surface area contributed by atoms with Crippen molar-refractivity contribution < 1.29 is 0 Å². The molecule has 0 atom stereocenters. The predicted molar refractivity (Wildman–Crippen MR) is 72.9 cm³/mol. The van der Waals surface area contributed by atoms with Gasteiger partial charge in [-0.15, -0.1) is 11.3 Å². The van der Waals surface area contributed by atoms with Gasteiger partial charge in [0.2, 0.25) is 5.28 Å². The molecule has 1 N–H and O–H groups in total. The number of hydrogen-bond donors (Lipinski definition) is 1. The minimum Gasteiger partial charge on any atom is -0.365 e. The van der Waals surface area contributed by atoms with Gasteiger partial charge in [-0.2, -0.15) is 0 Å². The molecule has 2 heterocycles. The molecule has 0 unspecified atom stereocenters. The first-order valence-corrected chi connectivity index (χ1v) is 6.55. The van der Waals surface area contributed by atoms with Crippen LogP contribution < -0.4 is 5.32 Å². The number of aryl methyl sites for hydroxylation is 3. The van der Waals surface area contributed by atoms with Crippen LogP contribution in [0.3, 0.4) is 0 Å². The van der Waals surface area contributed by atoms with E-state index < -0.39 is 0 Å². The molecule has 0 aliphatic carbocycles. The number of nitrogens with zero attached hydrogens (tertiary/aromatic N) is 2. The monoisotopic (exact) mass is 267 g/mol. The molecule has 2 rings (SSSR count). The van der Waals surface area contributed by atoms with Gasteiger partial charge in [-0.25, -0.2) is 9.97 Å². The normalized spacial score (nSPS) is 10.6. The Labute approximate surface area is 110 Å². The van der Waals surface area contributed by atoms with Crippen LogP contribution in [0.2, 0.25) is 5.28 Å². The Morgan fingerprint density at radius 2 is 2.00 bits per heavy atom. The minimum absolute atomic E-state index is 0.283. The van der Waals surface area contributed by atoms with Gasteiger partial charge in [0.25, 0.3) is 0 Å². The van der Waals surface area contributed by atoms with Crippen molar-refractivity contribution in [2.75, 3.05) is 5.32 Å². The SMILES string of the molecule is Cc1cc(NCc2cc(C)c(C)s2)nc(Cl)n1. The van der Waals surface area contributed by atoms with Crippen LogP contribution in [0, 0.1) is 20.8 Å². The van der Waals surface area contributed by atoms with Crippen LogP contribution in [-0.4, -0.2) is 9.97 Å². The molecule has 0 bridgehead atoms. The van der Waals surface area contributed by atoms with E-state index >= 15 is 0 Å². The van der Waals surface area contributed by atoms with E-state index in [0.717, 1.165) is 18.1 Å². The van der Waals surface area contributed by atoms with Gasteiger partial charge in [0, 0.05) is 21.5 Å². The van der Waals surface area contributed by atoms with Crippen molar-refractivity contribution in [2.45, 2.75) is 27.3 Å². The molecule has 0 spiro atoms. The standard InChI is InChI=1S/C12H14ClN3S/c1-7-4-10(17-9(7)3)6-14-11-5-8(2)15-12(13)16-11/h4-5H,6H2,1-3H3,(H,14,15,16). The Balaban J connectivity index is 2.07. The maximum Gasteiger partial charge on any atom is 0.224 e. The van der Waals surface area contributed by atoms with Crippen LogP contribution >= 0.6 is 22.9 Å². The predicted octanol–water partition coefficient (Wildman–Crippen LogP) is 3.73. The number of anilines is 1. The zero-order valence-corrected chi connectivity index (χ0v) is 11.6. The van der Waals surface area contributed by atoms with Crippen molar-refractivity contribution in [1.82, 2.24) is 9.97 Å². The molecule has 0 amide bonds. The van der Waals surface area contributed by atoms with Crippen LogP contribution in [0.4, 0.5) is 5.82 Å². The molecular formula is C12H14ClN3S. The summed E-state index contributed by atoms with van der Waals surface area (Å²) in [6.07, 6.45) is 0. The Kier molecular flexibility index (Phi) is 3.64. The summed E-state index contributed by atoms with van der Waals surface area (Å²) in [7, 11) is 0. The van der Waals surface area contributed by atoms with Crippen LogP contribution in [-0.2, 0) is 6.54 Å². The van der Waals surface area contributed by atoms with Gasteiger partial charge < -0.3 is 5.32 Å². The lowest BCUT2D eigenvalue weighted by molar-refractivity contribution is 1.06. The van der Waals surface area contributed by atoms with E-state index in [1.807, 2.05) is 13.0 Å². The average Bonchev–Trinajstić information content (AvgIpc) is 2.54. The van der Waals surface area contributed by atoms with Gasteiger partial charge in [0.15, 0.2) is 0 Å². The third-order valence-corrected chi connectivity index (χ3v) is 3.81. The van der Waals surface area contributed by atoms with E-state index in [-0.39, 0.29) is 5.28 Å². The van der Waals surface area contributed by atoms with Gasteiger partial charge in [-0.05, 0) is 44.0 Å². The molecule has 17 heavy (non-hydrogen) atoms. The molecule has 90 valence electrons. The minimum atomic E-state index is 0.283. The largest absolute Gasteiger partial charge is 0.365 e. The summed E-state index contributed by atoms with van der Waals surface area (Å²) >= 11 is 7.60. The average molecular weight is 268 g/mol. The molecule has 0 aliphatic heterocycles. The number of halogens is 1. The van der Waals surface area contributed by atoms with E-state index in [1.165, 1.54) is 15.3 Å². The summed E-state index contributed by atoms with van der Waals surface area (Å²) in [6, 6.07) is 4.09. The third-order valence-electron chi connectivity index (χ3n) is 2.49. The van der Waals surface area contributed by atoms with Crippen molar-refractivity contribution in [1.29, 1.82) is 0 Å². The first-order valence-electron chi connectivity index (χ1n) is 5.35. The summed E-state index contributed by atoms with van der Waals surface area (Å²) in [5.74, 6) is 0.770. The van der Waals surface area contributed by atoms with E-state index in [4.69, 9.17) is 11.6 Å². The molecule has 3 nitrogen and oxygen atoms in total. The molecule has 0 saturated heterocycles. The fourth-order valence-corrected chi connectivity index (χ4v) is 2.75. The topological polar surface area (TPSA) is 37.8 Å². The lowest BCUT2D eigenvalue weighted by Gasteiger charge is -2.04. The van der Waals surface area contributed by atoms with Gasteiger partial charge in [0.1, 0.15) is 5.82 Å². The molecule has 0 aliphatic rings. The number of rotatable bonds is 3. The van der Waals surface area contributed by atoms with E-state index in [0.29, 0.717) is 0 Å². The third kappa shape index (κ3) is 3.17. The van der Waals surface area contributed by atoms with Crippen molar-refractivity contribution >= 4 is 28.8 Å². The second kappa shape index (κ2) is 5.02. The van der Waals surface area contributed by atoms with Gasteiger partial charge in [-0.3, -0.25) is 0 Å². The lowest BCUT2D eigenvalue weighted by atomic mass is 10.3. The Morgan fingerprint density at radius 3 is 2.59 bits per heavy atom. The molecular weight excluding hydrogens is 254 g/mol. The highest BCUT2D eigenvalue weighted by atomic mass is 35.5. The van der Waals surface area contributed by atoms with Crippen molar-refractivity contribution in [3.63, 3.8) is 0 Å². The quantitative estimate of drug-likeness (QED) is 0.861. The first-order chi connectivity index (χ1) is 8.04. The number of aromatic nitrogens is 2. The van der Waals surface area contributed by atoms with E-state index in [2.05, 4.69) is 35.2 Å². The second-order valence-electron chi connectivity index (χ2n) is 3.97. The highest BCUT2D eigenvalue weighted by molar-refractivity contribution is 7.12. The van der Waals surface area contributed by atoms with Gasteiger partial charge in [0.05, 0.1) is 6.54 Å². The molecule has 0 radical (unpaired) electrons. The number of nitrogens with one attached hydrogen (secondary N) is 1. The molecule has 0 saturated carbocycles. The van der Waals surface area contributed by atoms with Crippen LogP contribution in [0.25, 0.3) is 0 Å². The number of thiophene rings is 1. The summed E-state index contributed by atoms with van der Waals surface area (Å²) in [6.45, 7) is 6.93. The Hall–Kier alpha value is -1.13. The fourth-order valence-electron chi connectivity index (χ4n) is 1.54. The van der Waals surface area contributed by atoms with Gasteiger partial charge in [-0.1, -0.05) is 0 Å². The summed E-state index contributed by atoms with van der Waals surface area (Å²) in [5.41, 5.74) is 2.20. The zero-order chi connectivity index (χ0) is 12.4. The van der Waals surface area contributed by atoms with Gasteiger partial charge >= 0.3 is 0 Å². The van der Waals surface area contributed by atoms with Crippen LogP contribution in [0.5, 0.6) is 0 Å². The Morgan fingerprint density at radius 1 is 1.24 bits per heavy atom. The zero-order valence-electron chi connectivity index (χ0n) is 10.0. The van der Waals surface area contributed by atoms with Crippen LogP contribution in [0.15, 0.2) is 12.1 Å². The highest BCUT2D eigenvalue weighted by Crippen LogP contribution is 2.21. The summed E-state index contributed by atoms with van der Waals surface area (Å²) < 4.78 is 0. The molecule has 2 aromatic rings. The fraction of sp³-hybridized carbons (Fsp3) is 0.333. The maximum absolute atomic E-state index is 5.80. The second-order valence-corrected chi connectivity index (χ2v) is 5.65. The Bertz CT molecular complexity index is 497. The maximum atomic E-state index is 5.80. The van der Waals surface area contributed by atoms with Crippen molar-refractivity contribution in [2.24, 2.45) is 0 Å². The summed E-state index contributed by atoms with van der Waals surface area (Å²) in [5, 5.41) is 3.54. The smallest absolute Gasteiger partial charge is 0.224 e. The van der Waals surface area contributed by atoms with Crippen LogP contribution in [0.1, 0.15) is 21.0 Å².